The minimum atomic E-state index is 0.181. The molecule has 2 aliphatic rings. The fourth-order valence-electron chi connectivity index (χ4n) is 5.40. The van der Waals surface area contributed by atoms with E-state index in [4.69, 9.17) is 0 Å². The number of aromatic nitrogens is 4. The highest BCUT2D eigenvalue weighted by molar-refractivity contribution is 5.95. The Morgan fingerprint density at radius 3 is 2.80 bits per heavy atom. The van der Waals surface area contributed by atoms with Crippen LogP contribution in [0.2, 0.25) is 0 Å². The molecule has 0 saturated carbocycles. The predicted molar refractivity (Wildman–Crippen MR) is 115 cm³/mol. The maximum atomic E-state index is 13.1. The molecule has 4 aromatic rings. The van der Waals surface area contributed by atoms with Crippen molar-refractivity contribution in [3.05, 3.63) is 72.7 Å². The minimum absolute atomic E-state index is 0.181. The van der Waals surface area contributed by atoms with Crippen LogP contribution in [0.3, 0.4) is 0 Å². The number of nitrogens with zero attached hydrogens (tertiary/aromatic N) is 4. The number of fused-ring (bicyclic) bond motifs is 3. The lowest BCUT2D eigenvalue weighted by molar-refractivity contribution is 0.0716. The van der Waals surface area contributed by atoms with E-state index in [1.54, 1.807) is 0 Å². The van der Waals surface area contributed by atoms with E-state index in [-0.39, 0.29) is 5.91 Å². The highest BCUT2D eigenvalue weighted by Gasteiger charge is 2.48. The van der Waals surface area contributed by atoms with Crippen LogP contribution in [0.25, 0.3) is 22.0 Å². The Bertz CT molecular complexity index is 1200. The number of nitrogens with one attached hydrogen (secondary N) is 1. The predicted octanol–water partition coefficient (Wildman–Crippen LogP) is 4.12. The second kappa shape index (κ2) is 6.83. The van der Waals surface area contributed by atoms with Crippen LogP contribution in [0.5, 0.6) is 0 Å². The van der Waals surface area contributed by atoms with Crippen molar-refractivity contribution in [2.24, 2.45) is 5.92 Å². The van der Waals surface area contributed by atoms with E-state index < -0.39 is 0 Å². The van der Waals surface area contributed by atoms with Gasteiger partial charge in [0.1, 0.15) is 0 Å². The van der Waals surface area contributed by atoms with Gasteiger partial charge in [0.15, 0.2) is 0 Å². The summed E-state index contributed by atoms with van der Waals surface area (Å²) in [4.78, 5) is 15.3. The topological polar surface area (TPSA) is 66.8 Å². The lowest BCUT2D eigenvalue weighted by atomic mass is 9.89. The van der Waals surface area contributed by atoms with Crippen LogP contribution < -0.4 is 0 Å². The van der Waals surface area contributed by atoms with E-state index in [9.17, 15) is 4.79 Å². The summed E-state index contributed by atoms with van der Waals surface area (Å²) in [5.41, 5.74) is 4.15. The molecule has 2 aliphatic heterocycles. The van der Waals surface area contributed by atoms with Crippen molar-refractivity contribution in [1.82, 2.24) is 24.9 Å². The molecule has 2 aromatic carbocycles. The van der Waals surface area contributed by atoms with Gasteiger partial charge in [-0.3, -0.25) is 14.6 Å². The molecule has 0 radical (unpaired) electrons. The number of amides is 1. The van der Waals surface area contributed by atoms with E-state index >= 15 is 0 Å². The quantitative estimate of drug-likeness (QED) is 0.563. The Labute approximate surface area is 174 Å². The Kier molecular flexibility index (Phi) is 3.97. The van der Waals surface area contributed by atoms with Gasteiger partial charge in [-0.2, -0.15) is 10.2 Å². The molecule has 6 heteroatoms. The van der Waals surface area contributed by atoms with E-state index in [1.807, 2.05) is 48.9 Å². The molecule has 2 fully saturated rings. The summed E-state index contributed by atoms with van der Waals surface area (Å²) in [6.07, 6.45) is 8.96. The Morgan fingerprint density at radius 2 is 1.97 bits per heavy atom. The summed E-state index contributed by atoms with van der Waals surface area (Å²) in [5, 5.41) is 12.7. The molecule has 30 heavy (non-hydrogen) atoms. The molecule has 2 saturated heterocycles. The van der Waals surface area contributed by atoms with Gasteiger partial charge < -0.3 is 4.90 Å². The van der Waals surface area contributed by atoms with Crippen LogP contribution >= 0.6 is 0 Å². The molecule has 150 valence electrons. The highest BCUT2D eigenvalue weighted by Crippen LogP contribution is 2.43. The summed E-state index contributed by atoms with van der Waals surface area (Å²) < 4.78 is 2.12. The third kappa shape index (κ3) is 2.75. The number of carbonyl (C=O) groups excluding carboxylic acids is 1. The monoisotopic (exact) mass is 397 g/mol. The molecule has 2 aromatic heterocycles. The number of hydrogen-bond acceptors (Lipinski definition) is 3. The first kappa shape index (κ1) is 17.4. The van der Waals surface area contributed by atoms with Gasteiger partial charge in [0, 0.05) is 47.3 Å². The van der Waals surface area contributed by atoms with Gasteiger partial charge in [-0.25, -0.2) is 0 Å². The van der Waals surface area contributed by atoms with E-state index in [0.29, 0.717) is 18.0 Å². The largest absolute Gasteiger partial charge is 0.332 e. The van der Waals surface area contributed by atoms with Gasteiger partial charge in [0.05, 0.1) is 17.9 Å². The van der Waals surface area contributed by atoms with Crippen LogP contribution in [-0.4, -0.2) is 42.9 Å². The molecule has 0 spiro atoms. The molecule has 3 unspecified atom stereocenters. The zero-order valence-electron chi connectivity index (χ0n) is 16.6. The van der Waals surface area contributed by atoms with Gasteiger partial charge >= 0.3 is 0 Å². The number of H-pyrrole nitrogens is 1. The first-order valence-corrected chi connectivity index (χ1v) is 10.6. The second-order valence-electron chi connectivity index (χ2n) is 8.46. The molecule has 0 aliphatic carbocycles. The number of carbonyl (C=O) groups is 1. The Balaban J connectivity index is 1.24. The summed E-state index contributed by atoms with van der Waals surface area (Å²) in [6.45, 7) is 0.855. The smallest absolute Gasteiger partial charge is 0.254 e. The van der Waals surface area contributed by atoms with Crippen LogP contribution in [0.1, 0.15) is 29.6 Å². The van der Waals surface area contributed by atoms with Crippen LogP contribution in [0.15, 0.2) is 67.1 Å². The molecule has 6 nitrogen and oxygen atoms in total. The minimum Gasteiger partial charge on any atom is -0.332 e. The fourth-order valence-corrected chi connectivity index (χ4v) is 5.40. The van der Waals surface area contributed by atoms with Crippen LogP contribution in [0, 0.1) is 5.92 Å². The maximum Gasteiger partial charge on any atom is 0.254 e. The van der Waals surface area contributed by atoms with Crippen molar-refractivity contribution in [3.8, 4) is 11.1 Å². The van der Waals surface area contributed by atoms with Crippen molar-refractivity contribution in [1.29, 1.82) is 0 Å². The zero-order chi connectivity index (χ0) is 20.1. The SMILES string of the molecule is O=C(c1ccccc1)N1C2CCC1C(Cn1ncc3cc(-c4cn[nH]c4)ccc31)C2. The van der Waals surface area contributed by atoms with Gasteiger partial charge in [0.2, 0.25) is 0 Å². The van der Waals surface area contributed by atoms with E-state index in [0.717, 1.165) is 53.4 Å². The summed E-state index contributed by atoms with van der Waals surface area (Å²) in [7, 11) is 0. The lowest BCUT2D eigenvalue weighted by Gasteiger charge is -2.25. The third-order valence-electron chi connectivity index (χ3n) is 6.80. The standard InChI is InChI=1S/C24H23N5O/c30-24(16-4-2-1-3-5-16)29-21-7-9-23(29)19(11-21)15-28-22-8-6-17(10-18(22)14-27-28)20-12-25-26-13-20/h1-6,8,10,12-14,19,21,23H,7,9,11,15H2,(H,25,26). The molecule has 2 bridgehead atoms. The van der Waals surface area contributed by atoms with Gasteiger partial charge in [0.25, 0.3) is 5.91 Å². The number of benzene rings is 2. The Morgan fingerprint density at radius 1 is 1.07 bits per heavy atom. The molecule has 4 heterocycles. The fraction of sp³-hybridized carbons (Fsp3) is 0.292. The average molecular weight is 397 g/mol. The van der Waals surface area contributed by atoms with Crippen molar-refractivity contribution in [3.63, 3.8) is 0 Å². The highest BCUT2D eigenvalue weighted by atomic mass is 16.2. The molecule has 3 atom stereocenters. The molecule has 1 N–H and O–H groups in total. The van der Waals surface area contributed by atoms with Crippen LogP contribution in [0.4, 0.5) is 0 Å². The molecule has 6 rings (SSSR count). The molecular weight excluding hydrogens is 374 g/mol. The van der Waals surface area contributed by atoms with Crippen molar-refractivity contribution in [2.75, 3.05) is 0 Å². The number of aromatic amines is 1. The van der Waals surface area contributed by atoms with E-state index in [2.05, 4.69) is 43.1 Å². The maximum absolute atomic E-state index is 13.1. The van der Waals surface area contributed by atoms with Crippen molar-refractivity contribution >= 4 is 16.8 Å². The summed E-state index contributed by atoms with van der Waals surface area (Å²) >= 11 is 0. The van der Waals surface area contributed by atoms with Crippen molar-refractivity contribution < 1.29 is 4.79 Å². The number of hydrogen-bond donors (Lipinski definition) is 1. The lowest BCUT2D eigenvalue weighted by Crippen LogP contribution is -2.37. The summed E-state index contributed by atoms with van der Waals surface area (Å²) in [6, 6.07) is 16.8. The van der Waals surface area contributed by atoms with Crippen molar-refractivity contribution in [2.45, 2.75) is 37.9 Å². The number of rotatable bonds is 4. The van der Waals surface area contributed by atoms with Gasteiger partial charge in [-0.05, 0) is 49.1 Å². The van der Waals surface area contributed by atoms with E-state index in [1.165, 1.54) is 0 Å². The molecule has 1 amide bonds. The summed E-state index contributed by atoms with van der Waals surface area (Å²) in [5.74, 6) is 0.633. The van der Waals surface area contributed by atoms with Gasteiger partial charge in [-0.15, -0.1) is 0 Å². The zero-order valence-corrected chi connectivity index (χ0v) is 16.6. The Hall–Kier alpha value is -3.41. The normalized spacial score (nSPS) is 22.8. The van der Waals surface area contributed by atoms with Gasteiger partial charge in [-0.1, -0.05) is 24.3 Å². The first-order chi connectivity index (χ1) is 14.8. The third-order valence-corrected chi connectivity index (χ3v) is 6.80. The average Bonchev–Trinajstić information content (AvgIpc) is 3.58. The van der Waals surface area contributed by atoms with Crippen LogP contribution in [-0.2, 0) is 6.54 Å². The second-order valence-corrected chi connectivity index (χ2v) is 8.46. The molecular formula is C24H23N5O. The first-order valence-electron chi connectivity index (χ1n) is 10.6.